The van der Waals surface area contributed by atoms with E-state index in [1.807, 2.05) is 4.90 Å². The maximum atomic E-state index is 13.0. The molecule has 2 aromatic rings. The lowest BCUT2D eigenvalue weighted by Crippen LogP contribution is -2.36. The normalized spacial score (nSPS) is 17.1. The highest BCUT2D eigenvalue weighted by Crippen LogP contribution is 2.35. The van der Waals surface area contributed by atoms with E-state index < -0.39 is 28.5 Å². The lowest BCUT2D eigenvalue weighted by Gasteiger charge is -2.30. The fourth-order valence-electron chi connectivity index (χ4n) is 3.72. The van der Waals surface area contributed by atoms with Gasteiger partial charge >= 0.3 is 0 Å². The number of non-ortho nitro benzene ring substituents is 1. The van der Waals surface area contributed by atoms with Crippen molar-refractivity contribution in [2.75, 3.05) is 50.2 Å². The van der Waals surface area contributed by atoms with E-state index >= 15 is 0 Å². The van der Waals surface area contributed by atoms with E-state index in [4.69, 9.17) is 9.47 Å². The molecule has 0 bridgehead atoms. The molecule has 11 nitrogen and oxygen atoms in total. The van der Waals surface area contributed by atoms with Crippen molar-refractivity contribution in [1.82, 2.24) is 4.90 Å². The Kier molecular flexibility index (Phi) is 7.32. The third kappa shape index (κ3) is 5.44. The number of morpholine rings is 1. The highest BCUT2D eigenvalue weighted by atomic mass is 32.2. The average Bonchev–Trinajstić information content (AvgIpc) is 3.12. The molecule has 0 saturated carbocycles. The van der Waals surface area contributed by atoms with Crippen LogP contribution in [0.15, 0.2) is 47.4 Å². The van der Waals surface area contributed by atoms with Crippen molar-refractivity contribution in [2.45, 2.75) is 0 Å². The second-order valence-electron chi connectivity index (χ2n) is 7.62. The number of hydrogen-bond donors (Lipinski definition) is 1. The Labute approximate surface area is 204 Å². The van der Waals surface area contributed by atoms with E-state index in [0.29, 0.717) is 60.8 Å². The van der Waals surface area contributed by atoms with Crippen LogP contribution in [-0.4, -0.2) is 66.8 Å². The molecule has 0 aromatic heterocycles. The molecule has 2 saturated heterocycles. The van der Waals surface area contributed by atoms with Crippen molar-refractivity contribution in [3.05, 3.63) is 63.0 Å². The van der Waals surface area contributed by atoms with Gasteiger partial charge in [-0.2, -0.15) is 0 Å². The molecule has 3 amide bonds. The van der Waals surface area contributed by atoms with Crippen molar-refractivity contribution in [3.8, 4) is 5.75 Å². The van der Waals surface area contributed by atoms with E-state index in [1.165, 1.54) is 25.3 Å². The first kappa shape index (κ1) is 24.2. The third-order valence-corrected chi connectivity index (χ3v) is 6.32. The summed E-state index contributed by atoms with van der Waals surface area (Å²) in [5.74, 6) is -0.770. The topological polar surface area (TPSA) is 131 Å². The fourth-order valence-corrected chi connectivity index (χ4v) is 4.55. The van der Waals surface area contributed by atoms with Gasteiger partial charge in [0.1, 0.15) is 12.3 Å². The number of hydrogen-bond acceptors (Lipinski definition) is 9. The summed E-state index contributed by atoms with van der Waals surface area (Å²) in [6.45, 7) is 1.71. The van der Waals surface area contributed by atoms with Gasteiger partial charge in [0.25, 0.3) is 16.8 Å². The number of para-hydroxylation sites is 2. The zero-order valence-corrected chi connectivity index (χ0v) is 19.6. The van der Waals surface area contributed by atoms with Gasteiger partial charge in [0.2, 0.25) is 5.91 Å². The zero-order chi connectivity index (χ0) is 24.9. The van der Waals surface area contributed by atoms with Gasteiger partial charge in [0, 0.05) is 36.5 Å². The van der Waals surface area contributed by atoms with Gasteiger partial charge in [-0.1, -0.05) is 12.1 Å². The van der Waals surface area contributed by atoms with Gasteiger partial charge in [-0.05, 0) is 36.0 Å². The Morgan fingerprint density at radius 3 is 2.69 bits per heavy atom. The van der Waals surface area contributed by atoms with Crippen LogP contribution in [0.3, 0.4) is 0 Å². The number of rotatable bonds is 7. The second kappa shape index (κ2) is 10.6. The van der Waals surface area contributed by atoms with E-state index in [0.717, 1.165) is 4.90 Å². The molecule has 0 unspecified atom stereocenters. The van der Waals surface area contributed by atoms with Crippen molar-refractivity contribution >= 4 is 52.0 Å². The number of benzene rings is 2. The molecule has 2 aliphatic rings. The summed E-state index contributed by atoms with van der Waals surface area (Å²) in [7, 11) is 1.46. The maximum Gasteiger partial charge on any atom is 0.294 e. The molecule has 12 heteroatoms. The number of thioether (sulfide) groups is 1. The van der Waals surface area contributed by atoms with Gasteiger partial charge in [-0.3, -0.25) is 29.4 Å². The third-order valence-electron chi connectivity index (χ3n) is 5.42. The molecular weight excluding hydrogens is 476 g/mol. The predicted octanol–water partition coefficient (Wildman–Crippen LogP) is 3.12. The largest absolute Gasteiger partial charge is 0.495 e. The molecule has 1 N–H and O–H groups in total. The van der Waals surface area contributed by atoms with E-state index in [2.05, 4.69) is 5.32 Å². The summed E-state index contributed by atoms with van der Waals surface area (Å²) in [6, 6.07) is 11.2. The molecule has 0 atom stereocenters. The van der Waals surface area contributed by atoms with Crippen LogP contribution >= 0.6 is 11.8 Å². The minimum atomic E-state index is -0.644. The Morgan fingerprint density at radius 1 is 1.23 bits per heavy atom. The van der Waals surface area contributed by atoms with Gasteiger partial charge in [0.15, 0.2) is 0 Å². The first-order chi connectivity index (χ1) is 16.9. The Balaban J connectivity index is 1.56. The first-order valence-electron chi connectivity index (χ1n) is 10.7. The van der Waals surface area contributed by atoms with Crippen LogP contribution in [0.5, 0.6) is 5.75 Å². The quantitative estimate of drug-likeness (QED) is 0.347. The highest BCUT2D eigenvalue weighted by molar-refractivity contribution is 8.18. The van der Waals surface area contributed by atoms with Crippen LogP contribution in [0, 0.1) is 10.1 Å². The van der Waals surface area contributed by atoms with Crippen molar-refractivity contribution in [2.24, 2.45) is 0 Å². The maximum absolute atomic E-state index is 13.0. The summed E-state index contributed by atoms with van der Waals surface area (Å²) in [5.41, 5.74) is 1.41. The van der Waals surface area contributed by atoms with Crippen LogP contribution in [0.1, 0.15) is 5.56 Å². The minimum Gasteiger partial charge on any atom is -0.495 e. The smallest absolute Gasteiger partial charge is 0.294 e. The minimum absolute atomic E-state index is 0.0788. The van der Waals surface area contributed by atoms with Crippen LogP contribution < -0.4 is 15.0 Å². The summed E-state index contributed by atoms with van der Waals surface area (Å²) < 4.78 is 10.6. The second-order valence-corrected chi connectivity index (χ2v) is 8.61. The lowest BCUT2D eigenvalue weighted by molar-refractivity contribution is -0.384. The summed E-state index contributed by atoms with van der Waals surface area (Å²) in [4.78, 5) is 51.8. The summed E-state index contributed by atoms with van der Waals surface area (Å²) in [6.07, 6.45) is 1.46. The van der Waals surface area contributed by atoms with Crippen LogP contribution in [0.25, 0.3) is 6.08 Å². The number of amides is 3. The Morgan fingerprint density at radius 2 is 1.97 bits per heavy atom. The number of methoxy groups -OCH3 is 1. The van der Waals surface area contributed by atoms with Crippen LogP contribution in [-0.2, 0) is 14.3 Å². The molecule has 0 radical (unpaired) electrons. The lowest BCUT2D eigenvalue weighted by atomic mass is 10.1. The molecular formula is C23H22N4O7S. The number of imide groups is 1. The number of nitro benzene ring substituents is 1. The van der Waals surface area contributed by atoms with Gasteiger partial charge < -0.3 is 19.7 Å². The van der Waals surface area contributed by atoms with Crippen molar-refractivity contribution in [1.29, 1.82) is 0 Å². The number of nitro groups is 1. The number of nitrogens with zero attached hydrogens (tertiary/aromatic N) is 3. The molecule has 2 aliphatic heterocycles. The summed E-state index contributed by atoms with van der Waals surface area (Å²) in [5, 5.41) is 13.4. The monoisotopic (exact) mass is 498 g/mol. The SMILES string of the molecule is COc1ccccc1NC(=O)CN1C(=O)S/C(=C\c2cc([N+](=O)[O-])ccc2N2CCOCC2)C1=O. The zero-order valence-electron chi connectivity index (χ0n) is 18.8. The molecule has 2 heterocycles. The number of carbonyl (C=O) groups is 3. The molecule has 182 valence electrons. The predicted molar refractivity (Wildman–Crippen MR) is 130 cm³/mol. The first-order valence-corrected chi connectivity index (χ1v) is 11.5. The average molecular weight is 499 g/mol. The van der Waals surface area contributed by atoms with Gasteiger partial charge in [-0.15, -0.1) is 0 Å². The fraction of sp³-hybridized carbons (Fsp3) is 0.261. The van der Waals surface area contributed by atoms with Crippen LogP contribution in [0.4, 0.5) is 21.9 Å². The summed E-state index contributed by atoms with van der Waals surface area (Å²) >= 11 is 0.683. The molecule has 0 spiro atoms. The molecule has 35 heavy (non-hydrogen) atoms. The Hall–Kier alpha value is -3.90. The van der Waals surface area contributed by atoms with Crippen molar-refractivity contribution in [3.63, 3.8) is 0 Å². The number of nitrogens with one attached hydrogen (secondary N) is 1. The number of ether oxygens (including phenoxy) is 2. The highest BCUT2D eigenvalue weighted by Gasteiger charge is 2.36. The van der Waals surface area contributed by atoms with Crippen LogP contribution in [0.2, 0.25) is 0 Å². The van der Waals surface area contributed by atoms with E-state index in [-0.39, 0.29) is 10.6 Å². The molecule has 2 aromatic carbocycles. The Bertz CT molecular complexity index is 1210. The number of anilines is 2. The van der Waals surface area contributed by atoms with Gasteiger partial charge in [0.05, 0.1) is 35.8 Å². The van der Waals surface area contributed by atoms with Crippen molar-refractivity contribution < 1.29 is 28.8 Å². The van der Waals surface area contributed by atoms with Gasteiger partial charge in [-0.25, -0.2) is 0 Å². The van der Waals surface area contributed by atoms with E-state index in [1.54, 1.807) is 30.3 Å². The molecule has 4 rings (SSSR count). The standard InChI is InChI=1S/C23H22N4O7S/c1-33-19-5-3-2-4-17(19)24-21(28)14-26-22(29)20(35-23(26)30)13-15-12-16(27(31)32)6-7-18(15)25-8-10-34-11-9-25/h2-7,12-13H,8-11,14H2,1H3,(H,24,28)/b20-13-. The molecule has 0 aliphatic carbocycles. The van der Waals surface area contributed by atoms with E-state index in [9.17, 15) is 24.5 Å². The molecule has 2 fully saturated rings. The number of carbonyl (C=O) groups excluding carboxylic acids is 3.